The molecule has 0 radical (unpaired) electrons. The van der Waals surface area contributed by atoms with Crippen LogP contribution in [0.15, 0.2) is 0 Å². The number of amides is 1. The molecular formula is C18H29NO7. The number of rotatable bonds is 4. The summed E-state index contributed by atoms with van der Waals surface area (Å²) in [6.07, 6.45) is 3.17. The molecule has 4 N–H and O–H groups in total. The van der Waals surface area contributed by atoms with Gasteiger partial charge in [-0.15, -0.1) is 0 Å². The fraction of sp³-hybridized carbons (Fsp3) is 0.778. The molecule has 4 unspecified atom stereocenters. The summed E-state index contributed by atoms with van der Waals surface area (Å²) in [7, 11) is 1.49. The zero-order valence-electron chi connectivity index (χ0n) is 15.1. The van der Waals surface area contributed by atoms with E-state index >= 15 is 0 Å². The summed E-state index contributed by atoms with van der Waals surface area (Å²) in [6, 6.07) is 0. The minimum absolute atomic E-state index is 0.0352. The zero-order valence-corrected chi connectivity index (χ0v) is 15.1. The molecule has 0 spiro atoms. The predicted molar refractivity (Wildman–Crippen MR) is 92.5 cm³/mol. The van der Waals surface area contributed by atoms with Gasteiger partial charge in [-0.2, -0.15) is 0 Å². The summed E-state index contributed by atoms with van der Waals surface area (Å²) in [4.78, 5) is 46.5. The number of carbonyl (C=O) groups is 4. The van der Waals surface area contributed by atoms with Crippen LogP contribution in [-0.4, -0.2) is 46.2 Å². The van der Waals surface area contributed by atoms with Gasteiger partial charge in [0.15, 0.2) is 0 Å². The monoisotopic (exact) mass is 371 g/mol. The lowest BCUT2D eigenvalue weighted by Gasteiger charge is -2.20. The molecule has 1 aliphatic carbocycles. The van der Waals surface area contributed by atoms with Crippen molar-refractivity contribution in [1.29, 1.82) is 0 Å². The lowest BCUT2D eigenvalue weighted by atomic mass is 9.85. The molecule has 0 aliphatic heterocycles. The average Bonchev–Trinajstić information content (AvgIpc) is 2.59. The molecule has 4 atom stereocenters. The molecule has 1 fully saturated rings. The van der Waals surface area contributed by atoms with Crippen molar-refractivity contribution in [3.63, 3.8) is 0 Å². The molecule has 1 saturated carbocycles. The molecule has 0 bridgehead atoms. The minimum atomic E-state index is -1.05. The second kappa shape index (κ2) is 10.8. The standard InChI is InChI=1S/C18H29NO7/c1-19-15(20)11-6-8-12(16(21)22)4-2-3-5-13(17(23)24)10-14(9-7-11)18(25)26/h11-14H,2-10H2,1H3,(H,19,20)(H,21,22)(H,23,24)(H,25,26). The minimum Gasteiger partial charge on any atom is -0.481 e. The van der Waals surface area contributed by atoms with Gasteiger partial charge in [0.2, 0.25) is 5.91 Å². The fourth-order valence-corrected chi connectivity index (χ4v) is 3.62. The van der Waals surface area contributed by atoms with Crippen LogP contribution in [0, 0.1) is 23.7 Å². The van der Waals surface area contributed by atoms with E-state index in [2.05, 4.69) is 5.32 Å². The summed E-state index contributed by atoms with van der Waals surface area (Å²) in [5, 5.41) is 30.7. The third-order valence-electron chi connectivity index (χ3n) is 5.32. The van der Waals surface area contributed by atoms with Crippen LogP contribution in [0.25, 0.3) is 0 Å². The van der Waals surface area contributed by atoms with Crippen molar-refractivity contribution in [2.24, 2.45) is 23.7 Å². The largest absolute Gasteiger partial charge is 0.481 e. The highest BCUT2D eigenvalue weighted by molar-refractivity contribution is 5.78. The summed E-state index contributed by atoms with van der Waals surface area (Å²) < 4.78 is 0. The lowest BCUT2D eigenvalue weighted by Crippen LogP contribution is -2.30. The van der Waals surface area contributed by atoms with Crippen molar-refractivity contribution in [1.82, 2.24) is 5.32 Å². The van der Waals surface area contributed by atoms with Gasteiger partial charge in [0.1, 0.15) is 0 Å². The third-order valence-corrected chi connectivity index (χ3v) is 5.32. The van der Waals surface area contributed by atoms with Crippen LogP contribution >= 0.6 is 0 Å². The summed E-state index contributed by atoms with van der Waals surface area (Å²) in [6.45, 7) is 0. The summed E-state index contributed by atoms with van der Waals surface area (Å²) in [5.74, 6) is -5.84. The molecule has 0 aromatic rings. The first kappa shape index (κ1) is 21.9. The lowest BCUT2D eigenvalue weighted by molar-refractivity contribution is -0.147. The smallest absolute Gasteiger partial charge is 0.306 e. The highest BCUT2D eigenvalue weighted by Crippen LogP contribution is 2.29. The maximum Gasteiger partial charge on any atom is 0.306 e. The van der Waals surface area contributed by atoms with E-state index in [1.54, 1.807) is 0 Å². The Hall–Kier alpha value is -2.12. The fourth-order valence-electron chi connectivity index (χ4n) is 3.62. The normalized spacial score (nSPS) is 28.7. The van der Waals surface area contributed by atoms with Gasteiger partial charge in [-0.25, -0.2) is 0 Å². The topological polar surface area (TPSA) is 141 Å². The van der Waals surface area contributed by atoms with Gasteiger partial charge in [0, 0.05) is 13.0 Å². The van der Waals surface area contributed by atoms with Crippen LogP contribution in [0.5, 0.6) is 0 Å². The van der Waals surface area contributed by atoms with E-state index in [-0.39, 0.29) is 18.7 Å². The van der Waals surface area contributed by atoms with Crippen molar-refractivity contribution in [3.8, 4) is 0 Å². The molecule has 0 heterocycles. The zero-order chi connectivity index (χ0) is 19.7. The van der Waals surface area contributed by atoms with E-state index in [4.69, 9.17) is 0 Å². The first-order chi connectivity index (χ1) is 12.3. The molecule has 1 amide bonds. The summed E-state index contributed by atoms with van der Waals surface area (Å²) >= 11 is 0. The van der Waals surface area contributed by atoms with E-state index in [0.717, 1.165) is 0 Å². The number of aliphatic carboxylic acids is 3. The van der Waals surface area contributed by atoms with Crippen molar-refractivity contribution in [3.05, 3.63) is 0 Å². The Morgan fingerprint density at radius 2 is 1.04 bits per heavy atom. The van der Waals surface area contributed by atoms with Gasteiger partial charge in [0.05, 0.1) is 17.8 Å². The van der Waals surface area contributed by atoms with Crippen molar-refractivity contribution < 1.29 is 34.5 Å². The quantitative estimate of drug-likeness (QED) is 0.592. The Bertz CT molecular complexity index is 520. The molecule has 148 valence electrons. The molecule has 0 aromatic heterocycles. The number of carboxylic acids is 3. The predicted octanol–water partition coefficient (Wildman–Crippen LogP) is 1.98. The Kier molecular flexibility index (Phi) is 9.09. The molecule has 1 aliphatic rings. The SMILES string of the molecule is CNC(=O)C1CCC(C(=O)O)CCCCC(C(=O)O)CC(C(=O)O)CC1. The number of nitrogens with one attached hydrogen (secondary N) is 1. The van der Waals surface area contributed by atoms with Gasteiger partial charge in [-0.1, -0.05) is 12.8 Å². The second-order valence-corrected chi connectivity index (χ2v) is 7.09. The van der Waals surface area contributed by atoms with Crippen LogP contribution in [0.3, 0.4) is 0 Å². The summed E-state index contributed by atoms with van der Waals surface area (Å²) in [5.41, 5.74) is 0. The Labute approximate surface area is 153 Å². The van der Waals surface area contributed by atoms with Gasteiger partial charge in [-0.3, -0.25) is 19.2 Å². The number of hydrogen-bond acceptors (Lipinski definition) is 4. The Morgan fingerprint density at radius 3 is 1.50 bits per heavy atom. The molecule has 1 rings (SSSR count). The Balaban J connectivity index is 2.97. The van der Waals surface area contributed by atoms with E-state index in [1.807, 2.05) is 0 Å². The highest BCUT2D eigenvalue weighted by Gasteiger charge is 2.30. The van der Waals surface area contributed by atoms with Crippen molar-refractivity contribution in [2.75, 3.05) is 7.05 Å². The van der Waals surface area contributed by atoms with Gasteiger partial charge < -0.3 is 20.6 Å². The van der Waals surface area contributed by atoms with Gasteiger partial charge >= 0.3 is 17.9 Å². The van der Waals surface area contributed by atoms with Gasteiger partial charge in [0.25, 0.3) is 0 Å². The number of carboxylic acid groups (broad SMARTS) is 3. The first-order valence-corrected chi connectivity index (χ1v) is 9.16. The molecule has 8 heteroatoms. The maximum atomic E-state index is 12.1. The molecule has 8 nitrogen and oxygen atoms in total. The average molecular weight is 371 g/mol. The molecule has 0 saturated heterocycles. The van der Waals surface area contributed by atoms with E-state index < -0.39 is 41.6 Å². The van der Waals surface area contributed by atoms with Crippen LogP contribution < -0.4 is 5.32 Å². The highest BCUT2D eigenvalue weighted by atomic mass is 16.4. The van der Waals surface area contributed by atoms with E-state index in [0.29, 0.717) is 44.9 Å². The van der Waals surface area contributed by atoms with E-state index in [1.165, 1.54) is 7.05 Å². The third kappa shape index (κ3) is 7.01. The number of hydrogen-bond donors (Lipinski definition) is 4. The van der Waals surface area contributed by atoms with Crippen LogP contribution in [0.4, 0.5) is 0 Å². The van der Waals surface area contributed by atoms with Crippen molar-refractivity contribution in [2.45, 2.75) is 57.8 Å². The van der Waals surface area contributed by atoms with Crippen LogP contribution in [0.1, 0.15) is 57.8 Å². The van der Waals surface area contributed by atoms with Gasteiger partial charge in [-0.05, 0) is 44.9 Å². The molecule has 26 heavy (non-hydrogen) atoms. The van der Waals surface area contributed by atoms with Crippen LogP contribution in [-0.2, 0) is 19.2 Å². The maximum absolute atomic E-state index is 12.1. The number of carbonyl (C=O) groups excluding carboxylic acids is 1. The second-order valence-electron chi connectivity index (χ2n) is 7.09. The first-order valence-electron chi connectivity index (χ1n) is 9.16. The van der Waals surface area contributed by atoms with E-state index in [9.17, 15) is 34.5 Å². The van der Waals surface area contributed by atoms with Crippen molar-refractivity contribution >= 4 is 23.8 Å². The Morgan fingerprint density at radius 1 is 0.654 bits per heavy atom. The van der Waals surface area contributed by atoms with Crippen LogP contribution in [0.2, 0.25) is 0 Å². The molecule has 0 aromatic carbocycles. The molecular weight excluding hydrogens is 342 g/mol.